The van der Waals surface area contributed by atoms with Crippen LogP contribution in [0.15, 0.2) is 53.4 Å². The number of sulfonamides is 1. The molecule has 2 N–H and O–H groups in total. The van der Waals surface area contributed by atoms with Crippen LogP contribution in [-0.4, -0.2) is 54.7 Å². The van der Waals surface area contributed by atoms with Gasteiger partial charge in [-0.25, -0.2) is 13.2 Å². The van der Waals surface area contributed by atoms with Gasteiger partial charge in [0.2, 0.25) is 15.9 Å². The third-order valence-corrected chi connectivity index (χ3v) is 8.54. The number of nitrogens with zero attached hydrogens (tertiary/aromatic N) is 1. The number of carbonyl (C=O) groups is 3. The zero-order chi connectivity index (χ0) is 29.7. The predicted molar refractivity (Wildman–Crippen MR) is 153 cm³/mol. The smallest absolute Gasteiger partial charge is 0.329 e. The summed E-state index contributed by atoms with van der Waals surface area (Å²) in [6.07, 6.45) is 1.80. The van der Waals surface area contributed by atoms with Gasteiger partial charge in [0.25, 0.3) is 5.91 Å². The van der Waals surface area contributed by atoms with Gasteiger partial charge in [-0.3, -0.25) is 9.59 Å². The second-order valence-electron chi connectivity index (χ2n) is 11.2. The van der Waals surface area contributed by atoms with Crippen molar-refractivity contribution in [3.05, 3.63) is 64.7 Å². The molecule has 1 fully saturated rings. The number of esters is 1. The van der Waals surface area contributed by atoms with E-state index in [1.807, 2.05) is 13.8 Å². The van der Waals surface area contributed by atoms with Crippen molar-refractivity contribution in [3.63, 3.8) is 0 Å². The molecular weight excluding hydrogens is 554 g/mol. The van der Waals surface area contributed by atoms with Crippen LogP contribution in [0, 0.1) is 5.92 Å². The predicted octanol–water partition coefficient (Wildman–Crippen LogP) is 4.30. The van der Waals surface area contributed by atoms with Crippen molar-refractivity contribution in [1.29, 1.82) is 0 Å². The maximum atomic E-state index is 13.8. The van der Waals surface area contributed by atoms with Gasteiger partial charge in [0.1, 0.15) is 17.7 Å². The van der Waals surface area contributed by atoms with Gasteiger partial charge in [-0.2, -0.15) is 4.31 Å². The summed E-state index contributed by atoms with van der Waals surface area (Å²) in [5, 5.41) is 5.95. The molecule has 0 unspecified atom stereocenters. The Hall–Kier alpha value is -2.95. The van der Waals surface area contributed by atoms with Crippen molar-refractivity contribution in [2.75, 3.05) is 6.54 Å². The molecule has 2 aromatic carbocycles. The minimum absolute atomic E-state index is 0.0139. The van der Waals surface area contributed by atoms with E-state index in [4.69, 9.17) is 16.3 Å². The minimum Gasteiger partial charge on any atom is -0.458 e. The van der Waals surface area contributed by atoms with Crippen LogP contribution in [0.5, 0.6) is 0 Å². The molecule has 1 saturated heterocycles. The molecule has 2 atom stereocenters. The van der Waals surface area contributed by atoms with Crippen molar-refractivity contribution in [2.24, 2.45) is 5.92 Å². The van der Waals surface area contributed by atoms with Crippen LogP contribution in [0.4, 0.5) is 0 Å². The zero-order valence-electron chi connectivity index (χ0n) is 23.6. The lowest BCUT2D eigenvalue weighted by Gasteiger charge is -2.29. The third-order valence-electron chi connectivity index (χ3n) is 6.42. The Bertz CT molecular complexity index is 1320. The number of halogens is 1. The largest absolute Gasteiger partial charge is 0.458 e. The lowest BCUT2D eigenvalue weighted by Crippen LogP contribution is -2.48. The van der Waals surface area contributed by atoms with Gasteiger partial charge in [0, 0.05) is 23.7 Å². The van der Waals surface area contributed by atoms with Crippen LogP contribution in [0.3, 0.4) is 0 Å². The Balaban J connectivity index is 1.92. The Morgan fingerprint density at radius 2 is 1.80 bits per heavy atom. The maximum Gasteiger partial charge on any atom is 0.329 e. The monoisotopic (exact) mass is 591 g/mol. The van der Waals surface area contributed by atoms with E-state index in [2.05, 4.69) is 10.6 Å². The summed E-state index contributed by atoms with van der Waals surface area (Å²) < 4.78 is 34.3. The van der Waals surface area contributed by atoms with Crippen molar-refractivity contribution in [1.82, 2.24) is 14.9 Å². The first-order valence-electron chi connectivity index (χ1n) is 13.4. The molecule has 2 aromatic rings. The number of nitrogens with one attached hydrogen (secondary N) is 2. The van der Waals surface area contributed by atoms with Crippen LogP contribution < -0.4 is 10.6 Å². The molecule has 0 bridgehead atoms. The summed E-state index contributed by atoms with van der Waals surface area (Å²) in [4.78, 5) is 38.9. The molecule has 0 aromatic heterocycles. The summed E-state index contributed by atoms with van der Waals surface area (Å²) in [6.45, 7) is 9.23. The molecule has 40 heavy (non-hydrogen) atoms. The van der Waals surface area contributed by atoms with Gasteiger partial charge in [-0.1, -0.05) is 37.6 Å². The van der Waals surface area contributed by atoms with Gasteiger partial charge in [-0.15, -0.1) is 0 Å². The summed E-state index contributed by atoms with van der Waals surface area (Å²) >= 11 is 5.98. The SMILES string of the molecule is CC(C)[C@H](NC(=O)c1cccc(CN([C@H]2CCCCNC2=O)S(=O)(=O)c2ccc(Cl)cc2)c1)C(=O)OC(C)(C)C. The molecule has 11 heteroatoms. The van der Waals surface area contributed by atoms with Crippen LogP contribution in [0.1, 0.15) is 69.8 Å². The van der Waals surface area contributed by atoms with Crippen LogP contribution in [0.2, 0.25) is 5.02 Å². The minimum atomic E-state index is -4.10. The van der Waals surface area contributed by atoms with E-state index in [0.29, 0.717) is 30.0 Å². The number of carbonyl (C=O) groups excluding carboxylic acids is 3. The van der Waals surface area contributed by atoms with Gasteiger partial charge in [0.15, 0.2) is 0 Å². The number of amides is 2. The molecule has 0 spiro atoms. The van der Waals surface area contributed by atoms with Crippen LogP contribution >= 0.6 is 11.6 Å². The van der Waals surface area contributed by atoms with Crippen molar-refractivity contribution in [2.45, 2.75) is 83.0 Å². The lowest BCUT2D eigenvalue weighted by atomic mass is 10.0. The average Bonchev–Trinajstić information content (AvgIpc) is 3.08. The van der Waals surface area contributed by atoms with Crippen molar-refractivity contribution in [3.8, 4) is 0 Å². The fourth-order valence-corrected chi connectivity index (χ4v) is 6.11. The highest BCUT2D eigenvalue weighted by Gasteiger charge is 2.37. The summed E-state index contributed by atoms with van der Waals surface area (Å²) in [6, 6.07) is 10.5. The summed E-state index contributed by atoms with van der Waals surface area (Å²) in [5.41, 5.74) is 0.0551. The third kappa shape index (κ3) is 8.28. The van der Waals surface area contributed by atoms with Gasteiger partial charge < -0.3 is 15.4 Å². The van der Waals surface area contributed by atoms with E-state index in [1.54, 1.807) is 45.0 Å². The van der Waals surface area contributed by atoms with E-state index >= 15 is 0 Å². The highest BCUT2D eigenvalue weighted by atomic mass is 35.5. The normalized spacial score (nSPS) is 17.2. The highest BCUT2D eigenvalue weighted by molar-refractivity contribution is 7.89. The molecule has 218 valence electrons. The molecule has 2 amide bonds. The number of rotatable bonds is 9. The van der Waals surface area contributed by atoms with Gasteiger partial charge in [-0.05, 0) is 87.9 Å². The number of hydrogen-bond acceptors (Lipinski definition) is 6. The molecule has 0 aliphatic carbocycles. The molecule has 0 saturated carbocycles. The van der Waals surface area contributed by atoms with Gasteiger partial charge in [0.05, 0.1) is 4.90 Å². The van der Waals surface area contributed by atoms with Crippen LogP contribution in [-0.2, 0) is 30.9 Å². The van der Waals surface area contributed by atoms with E-state index < -0.39 is 39.6 Å². The summed E-state index contributed by atoms with van der Waals surface area (Å²) in [5.74, 6) is -1.62. The van der Waals surface area contributed by atoms with E-state index in [0.717, 1.165) is 6.42 Å². The second kappa shape index (κ2) is 13.1. The molecule has 1 aliphatic rings. The first-order valence-corrected chi connectivity index (χ1v) is 15.2. The van der Waals surface area contributed by atoms with E-state index in [9.17, 15) is 22.8 Å². The first-order chi connectivity index (χ1) is 18.7. The highest BCUT2D eigenvalue weighted by Crippen LogP contribution is 2.26. The number of ether oxygens (including phenoxy) is 1. The fourth-order valence-electron chi connectivity index (χ4n) is 4.38. The van der Waals surface area contributed by atoms with Crippen molar-refractivity contribution >= 4 is 39.4 Å². The second-order valence-corrected chi connectivity index (χ2v) is 13.6. The van der Waals surface area contributed by atoms with Gasteiger partial charge >= 0.3 is 5.97 Å². The molecule has 1 aliphatic heterocycles. The molecule has 1 heterocycles. The van der Waals surface area contributed by atoms with E-state index in [1.165, 1.54) is 28.6 Å². The number of hydrogen-bond donors (Lipinski definition) is 2. The fraction of sp³-hybridized carbons (Fsp3) is 0.483. The molecule has 9 nitrogen and oxygen atoms in total. The molecule has 3 rings (SSSR count). The Kier molecular flexibility index (Phi) is 10.4. The Morgan fingerprint density at radius 3 is 2.42 bits per heavy atom. The standard InChI is InChI=1S/C29H38ClN3O6S/c1-19(2)25(28(36)39-29(3,4)5)32-26(34)21-10-8-9-20(17-21)18-33(24-11-6-7-16-31-27(24)35)40(37,38)23-14-12-22(30)13-15-23/h8-10,12-15,17,19,24-25H,6-7,11,16,18H2,1-5H3,(H,31,35)(H,32,34)/t24-,25-/m0/s1. The Labute approximate surface area is 241 Å². The zero-order valence-corrected chi connectivity index (χ0v) is 25.1. The maximum absolute atomic E-state index is 13.8. The topological polar surface area (TPSA) is 122 Å². The van der Waals surface area contributed by atoms with Crippen molar-refractivity contribution < 1.29 is 27.5 Å². The molecular formula is C29H38ClN3O6S. The Morgan fingerprint density at radius 1 is 1.12 bits per heavy atom. The quantitative estimate of drug-likeness (QED) is 0.419. The summed E-state index contributed by atoms with van der Waals surface area (Å²) in [7, 11) is -4.10. The first kappa shape index (κ1) is 31.6. The van der Waals surface area contributed by atoms with Crippen LogP contribution in [0.25, 0.3) is 0 Å². The molecule has 0 radical (unpaired) electrons. The number of benzene rings is 2. The lowest BCUT2D eigenvalue weighted by molar-refractivity contribution is -0.158. The average molecular weight is 592 g/mol. The van der Waals surface area contributed by atoms with E-state index in [-0.39, 0.29) is 28.8 Å².